The van der Waals surface area contributed by atoms with E-state index in [0.29, 0.717) is 0 Å². The number of carboxylic acids is 1. The van der Waals surface area contributed by atoms with Crippen LogP contribution in [0.25, 0.3) is 0 Å². The van der Waals surface area contributed by atoms with E-state index in [9.17, 15) is 4.79 Å². The van der Waals surface area contributed by atoms with Gasteiger partial charge < -0.3 is 10.8 Å². The number of nitrogens with two attached hydrogens (primary N) is 1. The molecule has 2 atom stereocenters. The number of hydrogen-bond donors (Lipinski definition) is 2. The SMILES string of the molecule is CCCC(c1ccccc1)[C@H](N)C(=O)O. The van der Waals surface area contributed by atoms with Gasteiger partial charge in [0.2, 0.25) is 0 Å². The third-order valence-electron chi connectivity index (χ3n) is 2.55. The lowest BCUT2D eigenvalue weighted by Crippen LogP contribution is -2.36. The Morgan fingerprint density at radius 1 is 1.40 bits per heavy atom. The summed E-state index contributed by atoms with van der Waals surface area (Å²) in [6, 6.07) is 8.79. The van der Waals surface area contributed by atoms with Gasteiger partial charge in [0.1, 0.15) is 6.04 Å². The van der Waals surface area contributed by atoms with Crippen LogP contribution >= 0.6 is 0 Å². The van der Waals surface area contributed by atoms with Crippen LogP contribution in [0.2, 0.25) is 0 Å². The van der Waals surface area contributed by atoms with Gasteiger partial charge in [-0.05, 0) is 12.0 Å². The Hall–Kier alpha value is -1.35. The summed E-state index contributed by atoms with van der Waals surface area (Å²) in [5.74, 6) is -1.02. The third-order valence-corrected chi connectivity index (χ3v) is 2.55. The molecular weight excluding hydrogens is 190 g/mol. The van der Waals surface area contributed by atoms with E-state index in [1.165, 1.54) is 0 Å². The van der Waals surface area contributed by atoms with E-state index < -0.39 is 12.0 Å². The summed E-state index contributed by atoms with van der Waals surface area (Å²) >= 11 is 0. The second kappa shape index (κ2) is 5.51. The first-order chi connectivity index (χ1) is 7.16. The molecular formula is C12H17NO2. The molecule has 3 N–H and O–H groups in total. The smallest absolute Gasteiger partial charge is 0.321 e. The highest BCUT2D eigenvalue weighted by Crippen LogP contribution is 2.23. The van der Waals surface area contributed by atoms with E-state index in [1.807, 2.05) is 37.3 Å². The molecule has 0 fully saturated rings. The molecule has 0 spiro atoms. The van der Waals surface area contributed by atoms with Crippen LogP contribution < -0.4 is 5.73 Å². The van der Waals surface area contributed by atoms with Crippen LogP contribution in [0.15, 0.2) is 30.3 Å². The molecule has 3 heteroatoms. The van der Waals surface area contributed by atoms with Crippen molar-refractivity contribution in [2.45, 2.75) is 31.7 Å². The molecule has 3 nitrogen and oxygen atoms in total. The number of hydrogen-bond acceptors (Lipinski definition) is 2. The summed E-state index contributed by atoms with van der Waals surface area (Å²) in [6.45, 7) is 2.03. The maximum absolute atomic E-state index is 10.9. The van der Waals surface area contributed by atoms with Gasteiger partial charge >= 0.3 is 5.97 Å². The Bertz CT molecular complexity index is 311. The average molecular weight is 207 g/mol. The number of aliphatic carboxylic acids is 1. The third kappa shape index (κ3) is 3.06. The highest BCUT2D eigenvalue weighted by molar-refractivity contribution is 5.74. The molecule has 0 aliphatic heterocycles. The summed E-state index contributed by atoms with van der Waals surface area (Å²) in [6.07, 6.45) is 1.73. The quantitative estimate of drug-likeness (QED) is 0.776. The van der Waals surface area contributed by atoms with E-state index in [2.05, 4.69) is 0 Å². The number of rotatable bonds is 5. The van der Waals surface area contributed by atoms with Crippen molar-refractivity contribution in [2.24, 2.45) is 5.73 Å². The van der Waals surface area contributed by atoms with Crippen molar-refractivity contribution in [1.29, 1.82) is 0 Å². The van der Waals surface area contributed by atoms with Crippen LogP contribution in [0.5, 0.6) is 0 Å². The molecule has 0 amide bonds. The van der Waals surface area contributed by atoms with Crippen LogP contribution in [-0.2, 0) is 4.79 Å². The molecule has 0 saturated carbocycles. The number of carboxylic acid groups (broad SMARTS) is 1. The monoisotopic (exact) mass is 207 g/mol. The van der Waals surface area contributed by atoms with Gasteiger partial charge in [-0.3, -0.25) is 4.79 Å². The van der Waals surface area contributed by atoms with Gasteiger partial charge in [-0.2, -0.15) is 0 Å². The van der Waals surface area contributed by atoms with Crippen molar-refractivity contribution in [1.82, 2.24) is 0 Å². The van der Waals surface area contributed by atoms with Crippen LogP contribution in [0.4, 0.5) is 0 Å². The molecule has 82 valence electrons. The maximum atomic E-state index is 10.9. The van der Waals surface area contributed by atoms with Crippen molar-refractivity contribution in [3.8, 4) is 0 Å². The van der Waals surface area contributed by atoms with E-state index in [4.69, 9.17) is 10.8 Å². The van der Waals surface area contributed by atoms with Gasteiger partial charge in [0.25, 0.3) is 0 Å². The zero-order chi connectivity index (χ0) is 11.3. The maximum Gasteiger partial charge on any atom is 0.321 e. The van der Waals surface area contributed by atoms with Gasteiger partial charge in [0.15, 0.2) is 0 Å². The fraction of sp³-hybridized carbons (Fsp3) is 0.417. The van der Waals surface area contributed by atoms with E-state index in [0.717, 1.165) is 18.4 Å². The molecule has 0 saturated heterocycles. The number of benzene rings is 1. The lowest BCUT2D eigenvalue weighted by atomic mass is 9.88. The molecule has 15 heavy (non-hydrogen) atoms. The zero-order valence-electron chi connectivity index (χ0n) is 8.89. The Kier molecular flexibility index (Phi) is 4.31. The minimum atomic E-state index is -0.933. The largest absolute Gasteiger partial charge is 0.480 e. The second-order valence-corrected chi connectivity index (χ2v) is 3.67. The molecule has 0 aliphatic rings. The minimum Gasteiger partial charge on any atom is -0.480 e. The van der Waals surface area contributed by atoms with Gasteiger partial charge in [-0.15, -0.1) is 0 Å². The van der Waals surface area contributed by atoms with E-state index >= 15 is 0 Å². The van der Waals surface area contributed by atoms with Crippen molar-refractivity contribution < 1.29 is 9.90 Å². The van der Waals surface area contributed by atoms with Gasteiger partial charge in [-0.25, -0.2) is 0 Å². The highest BCUT2D eigenvalue weighted by Gasteiger charge is 2.24. The molecule has 0 aliphatic carbocycles. The van der Waals surface area contributed by atoms with Crippen LogP contribution in [-0.4, -0.2) is 17.1 Å². The Morgan fingerprint density at radius 3 is 2.47 bits per heavy atom. The molecule has 1 aromatic rings. The first kappa shape index (κ1) is 11.7. The average Bonchev–Trinajstić information content (AvgIpc) is 2.26. The molecule has 1 unspecified atom stereocenters. The summed E-state index contributed by atoms with van der Waals surface area (Å²) in [5, 5.41) is 8.92. The first-order valence-corrected chi connectivity index (χ1v) is 5.20. The van der Waals surface area contributed by atoms with Crippen molar-refractivity contribution in [3.63, 3.8) is 0 Å². The zero-order valence-corrected chi connectivity index (χ0v) is 8.89. The van der Waals surface area contributed by atoms with Crippen LogP contribution in [0.3, 0.4) is 0 Å². The topological polar surface area (TPSA) is 63.3 Å². The Labute approximate surface area is 89.9 Å². The van der Waals surface area contributed by atoms with Crippen molar-refractivity contribution >= 4 is 5.97 Å². The second-order valence-electron chi connectivity index (χ2n) is 3.67. The molecule has 0 bridgehead atoms. The van der Waals surface area contributed by atoms with Crippen molar-refractivity contribution in [2.75, 3.05) is 0 Å². The fourth-order valence-electron chi connectivity index (χ4n) is 1.74. The minimum absolute atomic E-state index is 0.0892. The predicted octanol–water partition coefficient (Wildman–Crippen LogP) is 1.98. The molecule has 0 radical (unpaired) electrons. The lowest BCUT2D eigenvalue weighted by molar-refractivity contribution is -0.139. The standard InChI is InChI=1S/C12H17NO2/c1-2-6-10(11(13)12(14)15)9-7-4-3-5-8-9/h3-5,7-8,10-11H,2,6,13H2,1H3,(H,14,15)/t10?,11-/m0/s1. The summed E-state index contributed by atoms with van der Waals surface area (Å²) < 4.78 is 0. The molecule has 0 heterocycles. The molecule has 1 rings (SSSR count). The Morgan fingerprint density at radius 2 is 2.00 bits per heavy atom. The normalized spacial score (nSPS) is 14.5. The van der Waals surface area contributed by atoms with Crippen LogP contribution in [0.1, 0.15) is 31.2 Å². The molecule has 0 aromatic heterocycles. The van der Waals surface area contributed by atoms with E-state index in [1.54, 1.807) is 0 Å². The van der Waals surface area contributed by atoms with Gasteiger partial charge in [0.05, 0.1) is 0 Å². The van der Waals surface area contributed by atoms with Gasteiger partial charge in [0, 0.05) is 5.92 Å². The lowest BCUT2D eigenvalue weighted by Gasteiger charge is -2.20. The van der Waals surface area contributed by atoms with Gasteiger partial charge in [-0.1, -0.05) is 43.7 Å². The summed E-state index contributed by atoms with van der Waals surface area (Å²) in [7, 11) is 0. The Balaban J connectivity index is 2.87. The van der Waals surface area contributed by atoms with Crippen molar-refractivity contribution in [3.05, 3.63) is 35.9 Å². The summed E-state index contributed by atoms with van der Waals surface area (Å²) in [5.41, 5.74) is 6.69. The van der Waals surface area contributed by atoms with Crippen LogP contribution in [0, 0.1) is 0 Å². The number of carbonyl (C=O) groups is 1. The first-order valence-electron chi connectivity index (χ1n) is 5.20. The van der Waals surface area contributed by atoms with E-state index in [-0.39, 0.29) is 5.92 Å². The fourth-order valence-corrected chi connectivity index (χ4v) is 1.74. The molecule has 1 aromatic carbocycles. The highest BCUT2D eigenvalue weighted by atomic mass is 16.4. The predicted molar refractivity (Wildman–Crippen MR) is 59.7 cm³/mol. The summed E-state index contributed by atoms with van der Waals surface area (Å²) in [4.78, 5) is 10.9.